The third-order valence-corrected chi connectivity index (χ3v) is 4.75. The topological polar surface area (TPSA) is 32.3 Å². The molecule has 1 saturated heterocycles. The van der Waals surface area contributed by atoms with Gasteiger partial charge in [-0.15, -0.1) is 0 Å². The first-order chi connectivity index (χ1) is 8.74. The van der Waals surface area contributed by atoms with Gasteiger partial charge in [0.05, 0.1) is 6.04 Å². The molecule has 0 aromatic heterocycles. The molecule has 0 aromatic rings. The van der Waals surface area contributed by atoms with Gasteiger partial charge in [0.15, 0.2) is 0 Å². The number of likely N-dealkylation sites (N-methyl/N-ethyl adjacent to an activating group) is 1. The molecule has 1 amide bonds. The average molecular weight is 252 g/mol. The van der Waals surface area contributed by atoms with Crippen molar-refractivity contribution in [2.75, 3.05) is 13.1 Å². The molecule has 1 N–H and O–H groups in total. The van der Waals surface area contributed by atoms with Crippen molar-refractivity contribution in [3.05, 3.63) is 0 Å². The maximum Gasteiger partial charge on any atom is 0.239 e. The van der Waals surface area contributed by atoms with Gasteiger partial charge >= 0.3 is 0 Å². The van der Waals surface area contributed by atoms with E-state index in [-0.39, 0.29) is 6.04 Å². The summed E-state index contributed by atoms with van der Waals surface area (Å²) in [5, 5.41) is 3.33. The minimum atomic E-state index is 0.0785. The number of hydrogen-bond donors (Lipinski definition) is 1. The van der Waals surface area contributed by atoms with Crippen molar-refractivity contribution in [3.63, 3.8) is 0 Å². The Bertz CT molecular complexity index is 272. The number of carbonyl (C=O) groups is 1. The first kappa shape index (κ1) is 13.9. The second kappa shape index (κ2) is 6.55. The number of nitrogens with zero attached hydrogens (tertiary/aromatic N) is 1. The summed E-state index contributed by atoms with van der Waals surface area (Å²) in [5.74, 6) is 1.09. The summed E-state index contributed by atoms with van der Waals surface area (Å²) in [5.41, 5.74) is 0. The molecule has 1 heterocycles. The van der Waals surface area contributed by atoms with Crippen LogP contribution < -0.4 is 5.32 Å². The zero-order chi connectivity index (χ0) is 13.0. The highest BCUT2D eigenvalue weighted by molar-refractivity contribution is 5.82. The first-order valence-corrected chi connectivity index (χ1v) is 7.78. The van der Waals surface area contributed by atoms with Gasteiger partial charge in [-0.25, -0.2) is 0 Å². The molecule has 3 nitrogen and oxygen atoms in total. The van der Waals surface area contributed by atoms with Crippen molar-refractivity contribution in [3.8, 4) is 0 Å². The van der Waals surface area contributed by atoms with Gasteiger partial charge < -0.3 is 10.2 Å². The van der Waals surface area contributed by atoms with Crippen LogP contribution in [0.5, 0.6) is 0 Å². The quantitative estimate of drug-likeness (QED) is 0.834. The fourth-order valence-corrected chi connectivity index (χ4v) is 3.61. The van der Waals surface area contributed by atoms with Gasteiger partial charge in [0.25, 0.3) is 0 Å². The fraction of sp³-hybridized carbons (Fsp3) is 0.933. The summed E-state index contributed by atoms with van der Waals surface area (Å²) in [7, 11) is 0. The van der Waals surface area contributed by atoms with E-state index in [4.69, 9.17) is 0 Å². The van der Waals surface area contributed by atoms with Gasteiger partial charge in [0, 0.05) is 12.6 Å². The normalized spacial score (nSPS) is 28.4. The number of likely N-dealkylation sites (tertiary alicyclic amines) is 1. The molecule has 3 heteroatoms. The van der Waals surface area contributed by atoms with Crippen molar-refractivity contribution in [2.45, 2.75) is 70.9 Å². The molecule has 0 radical (unpaired) electrons. The van der Waals surface area contributed by atoms with E-state index in [1.54, 1.807) is 0 Å². The van der Waals surface area contributed by atoms with Crippen LogP contribution in [0.4, 0.5) is 0 Å². The minimum absolute atomic E-state index is 0.0785. The van der Waals surface area contributed by atoms with Crippen LogP contribution in [0.1, 0.15) is 58.8 Å². The molecule has 0 spiro atoms. The largest absolute Gasteiger partial charge is 0.338 e. The van der Waals surface area contributed by atoms with Crippen LogP contribution in [0.3, 0.4) is 0 Å². The highest BCUT2D eigenvalue weighted by Crippen LogP contribution is 2.30. The Morgan fingerprint density at radius 1 is 1.22 bits per heavy atom. The van der Waals surface area contributed by atoms with E-state index in [2.05, 4.69) is 24.1 Å². The lowest BCUT2D eigenvalue weighted by Gasteiger charge is -2.41. The lowest BCUT2D eigenvalue weighted by molar-refractivity contribution is -0.139. The summed E-state index contributed by atoms with van der Waals surface area (Å²) in [6, 6.07) is 0.522. The molecule has 1 aliphatic heterocycles. The van der Waals surface area contributed by atoms with Crippen LogP contribution >= 0.6 is 0 Å². The lowest BCUT2D eigenvalue weighted by atomic mass is 9.83. The van der Waals surface area contributed by atoms with Crippen LogP contribution in [0.15, 0.2) is 0 Å². The maximum absolute atomic E-state index is 12.5. The Morgan fingerprint density at radius 3 is 2.61 bits per heavy atom. The predicted molar refractivity (Wildman–Crippen MR) is 74.4 cm³/mol. The highest BCUT2D eigenvalue weighted by Gasteiger charge is 2.34. The molecule has 1 aliphatic carbocycles. The van der Waals surface area contributed by atoms with Crippen LogP contribution in [-0.2, 0) is 4.79 Å². The van der Waals surface area contributed by atoms with Gasteiger partial charge in [-0.05, 0) is 45.1 Å². The van der Waals surface area contributed by atoms with Crippen molar-refractivity contribution in [1.29, 1.82) is 0 Å². The number of nitrogens with one attached hydrogen (secondary N) is 1. The SMILES string of the molecule is CCNC1CCCN(C(C)C2CCCCC2)C1=O. The van der Waals surface area contributed by atoms with Crippen molar-refractivity contribution in [1.82, 2.24) is 10.2 Å². The number of hydrogen-bond acceptors (Lipinski definition) is 2. The zero-order valence-electron chi connectivity index (χ0n) is 12.0. The Labute approximate surface area is 111 Å². The molecule has 104 valence electrons. The van der Waals surface area contributed by atoms with Crippen LogP contribution in [0, 0.1) is 5.92 Å². The van der Waals surface area contributed by atoms with E-state index >= 15 is 0 Å². The van der Waals surface area contributed by atoms with Crippen LogP contribution in [0.2, 0.25) is 0 Å². The molecule has 2 aliphatic rings. The van der Waals surface area contributed by atoms with Gasteiger partial charge in [-0.2, -0.15) is 0 Å². The van der Waals surface area contributed by atoms with Crippen LogP contribution in [0.25, 0.3) is 0 Å². The highest BCUT2D eigenvalue weighted by atomic mass is 16.2. The Morgan fingerprint density at radius 2 is 1.94 bits per heavy atom. The Balaban J connectivity index is 1.95. The summed E-state index contributed by atoms with van der Waals surface area (Å²) < 4.78 is 0. The summed E-state index contributed by atoms with van der Waals surface area (Å²) in [4.78, 5) is 14.6. The monoisotopic (exact) mass is 252 g/mol. The van der Waals surface area contributed by atoms with Gasteiger partial charge in [0.2, 0.25) is 5.91 Å². The van der Waals surface area contributed by atoms with Crippen molar-refractivity contribution < 1.29 is 4.79 Å². The Hall–Kier alpha value is -0.570. The van der Waals surface area contributed by atoms with E-state index in [1.807, 2.05) is 0 Å². The summed E-state index contributed by atoms with van der Waals surface area (Å²) in [6.07, 6.45) is 8.90. The molecule has 2 fully saturated rings. The van der Waals surface area contributed by atoms with Gasteiger partial charge in [-0.1, -0.05) is 26.2 Å². The summed E-state index contributed by atoms with van der Waals surface area (Å²) >= 11 is 0. The zero-order valence-corrected chi connectivity index (χ0v) is 12.0. The van der Waals surface area contributed by atoms with Crippen LogP contribution in [-0.4, -0.2) is 36.0 Å². The van der Waals surface area contributed by atoms with Gasteiger partial charge in [0.1, 0.15) is 0 Å². The molecule has 0 bridgehead atoms. The minimum Gasteiger partial charge on any atom is -0.338 e. The third-order valence-electron chi connectivity index (χ3n) is 4.75. The molecule has 2 atom stereocenters. The van der Waals surface area contributed by atoms with E-state index in [1.165, 1.54) is 32.1 Å². The molecule has 0 aromatic carbocycles. The number of carbonyl (C=O) groups excluding carboxylic acids is 1. The van der Waals surface area contributed by atoms with Crippen molar-refractivity contribution >= 4 is 5.91 Å². The fourth-order valence-electron chi connectivity index (χ4n) is 3.61. The molecule has 2 unspecified atom stereocenters. The molecular formula is C15H28N2O. The standard InChI is InChI=1S/C15H28N2O/c1-3-16-14-10-7-11-17(15(14)18)12(2)13-8-5-4-6-9-13/h12-14,16H,3-11H2,1-2H3. The number of piperidine rings is 1. The second-order valence-corrected chi connectivity index (χ2v) is 5.92. The second-order valence-electron chi connectivity index (χ2n) is 5.92. The molecular weight excluding hydrogens is 224 g/mol. The van der Waals surface area contributed by atoms with E-state index in [9.17, 15) is 4.79 Å². The maximum atomic E-state index is 12.5. The number of amides is 1. The summed E-state index contributed by atoms with van der Waals surface area (Å²) in [6.45, 7) is 6.21. The predicted octanol–water partition coefficient (Wildman–Crippen LogP) is 2.56. The van der Waals surface area contributed by atoms with E-state index in [0.29, 0.717) is 11.9 Å². The molecule has 18 heavy (non-hydrogen) atoms. The van der Waals surface area contributed by atoms with E-state index < -0.39 is 0 Å². The first-order valence-electron chi connectivity index (χ1n) is 7.78. The third kappa shape index (κ3) is 3.05. The van der Waals surface area contributed by atoms with Gasteiger partial charge in [-0.3, -0.25) is 4.79 Å². The van der Waals surface area contributed by atoms with E-state index in [0.717, 1.165) is 31.8 Å². The average Bonchev–Trinajstić information content (AvgIpc) is 2.42. The Kier molecular flexibility index (Phi) is 5.04. The smallest absolute Gasteiger partial charge is 0.239 e. The lowest BCUT2D eigenvalue weighted by Crippen LogP contribution is -2.55. The number of rotatable bonds is 4. The molecule has 1 saturated carbocycles. The van der Waals surface area contributed by atoms with Crippen molar-refractivity contribution in [2.24, 2.45) is 5.92 Å². The molecule has 2 rings (SSSR count).